The van der Waals surface area contributed by atoms with Gasteiger partial charge in [-0.3, -0.25) is 4.79 Å². The van der Waals surface area contributed by atoms with Gasteiger partial charge in [0.15, 0.2) is 0 Å². The van der Waals surface area contributed by atoms with Gasteiger partial charge in [-0.25, -0.2) is 0 Å². The molecule has 0 bridgehead atoms. The summed E-state index contributed by atoms with van der Waals surface area (Å²) in [6.45, 7) is 3.55. The number of carboxylic acid groups (broad SMARTS) is 1. The second kappa shape index (κ2) is 5.66. The van der Waals surface area contributed by atoms with Crippen LogP contribution in [0, 0.1) is 50.9 Å². The first kappa shape index (κ1) is 12.6. The number of aliphatic carboxylic acids is 1. The van der Waals surface area contributed by atoms with Gasteiger partial charge in [-0.15, -0.1) is 0 Å². The first-order valence-corrected chi connectivity index (χ1v) is 2.54. The molecule has 0 fully saturated rings. The number of nitrogens with two attached hydrogens (primary N) is 1. The maximum atomic E-state index is 10.0. The molecule has 0 aliphatic rings. The Balaban J connectivity index is 0. The Morgan fingerprint density at radius 2 is 1.89 bits per heavy atom. The molecule has 0 aliphatic heterocycles. The van der Waals surface area contributed by atoms with Crippen LogP contribution in [0.5, 0.6) is 0 Å². The van der Waals surface area contributed by atoms with E-state index in [4.69, 9.17) is 10.8 Å². The van der Waals surface area contributed by atoms with E-state index in [1.165, 1.54) is 0 Å². The van der Waals surface area contributed by atoms with E-state index in [0.717, 1.165) is 0 Å². The normalized spacial score (nSPS) is 12.4. The molecule has 0 amide bonds. The Morgan fingerprint density at radius 3 is 1.89 bits per heavy atom. The van der Waals surface area contributed by atoms with E-state index in [0.29, 0.717) is 0 Å². The van der Waals surface area contributed by atoms with Crippen molar-refractivity contribution in [2.24, 2.45) is 11.7 Å². The van der Waals surface area contributed by atoms with Gasteiger partial charge in [0.05, 0.1) is 0 Å². The molecular formula is C5H13NO2Ra. The quantitative estimate of drug-likeness (QED) is 0.711. The van der Waals surface area contributed by atoms with Gasteiger partial charge < -0.3 is 10.8 Å². The fourth-order valence-electron chi connectivity index (χ4n) is 0.285. The predicted octanol–water partition coefficient (Wildman–Crippen LogP) is -0.481. The Labute approximate surface area is 91.4 Å². The standard InChI is InChI=1S/C5H11NO2.Ra.2H/c1-3(2)4(6)5(7)8;;;/h3-4H,6H2,1-2H3,(H,7,8);;;/t4-;;;/m0.../s1. The third kappa shape index (κ3) is 5.35. The fraction of sp³-hybridized carbons (Fsp3) is 0.800. The van der Waals surface area contributed by atoms with Crippen LogP contribution in [-0.2, 0) is 4.79 Å². The van der Waals surface area contributed by atoms with Crippen LogP contribution in [0.3, 0.4) is 0 Å². The molecule has 0 saturated heterocycles. The average molecular weight is 345 g/mol. The van der Waals surface area contributed by atoms with Gasteiger partial charge in [0.2, 0.25) is 0 Å². The van der Waals surface area contributed by atoms with Crippen molar-refractivity contribution in [1.82, 2.24) is 0 Å². The third-order valence-electron chi connectivity index (χ3n) is 1.00. The molecule has 0 saturated carbocycles. The van der Waals surface area contributed by atoms with Crippen molar-refractivity contribution in [2.45, 2.75) is 19.9 Å². The van der Waals surface area contributed by atoms with Crippen LogP contribution in [0.4, 0.5) is 0 Å². The molecule has 0 radical (unpaired) electrons. The van der Waals surface area contributed by atoms with Crippen molar-refractivity contribution in [3.05, 3.63) is 0 Å². The molecule has 0 aromatic rings. The fourth-order valence-corrected chi connectivity index (χ4v) is 0.285. The Hall–Kier alpha value is 0.898. The van der Waals surface area contributed by atoms with Crippen LogP contribution in [0.1, 0.15) is 13.8 Å². The predicted molar refractivity (Wildman–Crippen MR) is 33.2 cm³/mol. The summed E-state index contributed by atoms with van der Waals surface area (Å²) in [5.41, 5.74) is 5.16. The van der Waals surface area contributed by atoms with Crippen LogP contribution in [0.25, 0.3) is 0 Å². The molecule has 3 N–H and O–H groups in total. The number of carboxylic acids is 1. The second-order valence-electron chi connectivity index (χ2n) is 2.11. The molecule has 52 valence electrons. The van der Waals surface area contributed by atoms with Crippen molar-refractivity contribution in [2.75, 3.05) is 0 Å². The van der Waals surface area contributed by atoms with Gasteiger partial charge in [-0.1, -0.05) is 13.8 Å². The summed E-state index contributed by atoms with van der Waals surface area (Å²) in [4.78, 5) is 10.0. The number of rotatable bonds is 2. The van der Waals surface area contributed by atoms with Gasteiger partial charge in [0.1, 0.15) is 6.04 Å². The van der Waals surface area contributed by atoms with Crippen LogP contribution < -0.4 is 5.73 Å². The summed E-state index contributed by atoms with van der Waals surface area (Å²) in [6, 6.07) is -0.713. The molecule has 3 nitrogen and oxygen atoms in total. The van der Waals surface area contributed by atoms with Crippen LogP contribution >= 0.6 is 0 Å². The van der Waals surface area contributed by atoms with Crippen molar-refractivity contribution in [3.63, 3.8) is 0 Å². The monoisotopic (exact) mass is 345 g/mol. The molecular weight excluding hydrogens is 332 g/mol. The first-order valence-electron chi connectivity index (χ1n) is 2.54. The van der Waals surface area contributed by atoms with Gasteiger partial charge >= 0.3 is 51.0 Å². The zero-order chi connectivity index (χ0) is 6.73. The maximum absolute atomic E-state index is 10.0. The Morgan fingerprint density at radius 1 is 1.56 bits per heavy atom. The molecule has 0 rings (SSSR count). The first-order chi connectivity index (χ1) is 3.55. The summed E-state index contributed by atoms with van der Waals surface area (Å²) >= 11 is 0. The van der Waals surface area contributed by atoms with Crippen LogP contribution in [0.2, 0.25) is 0 Å². The van der Waals surface area contributed by atoms with Crippen LogP contribution in [0.15, 0.2) is 0 Å². The molecule has 1 atom stereocenters. The molecule has 0 spiro atoms. The molecule has 0 unspecified atom stereocenters. The number of hydrogen-bond acceptors (Lipinski definition) is 2. The molecule has 0 aromatic carbocycles. The number of hydrogen-bond donors (Lipinski definition) is 2. The van der Waals surface area contributed by atoms with E-state index < -0.39 is 12.0 Å². The second-order valence-corrected chi connectivity index (χ2v) is 2.11. The SMILES string of the molecule is CC(C)[C@H](N)C(=O)O.[RaH2]. The zero-order valence-corrected chi connectivity index (χ0v) is 5.09. The average Bonchev–Trinajstić information content (AvgIpc) is 1.64. The van der Waals surface area contributed by atoms with Gasteiger partial charge in [-0.05, 0) is 5.92 Å². The topological polar surface area (TPSA) is 63.3 Å². The molecule has 0 aromatic heterocycles. The third-order valence-corrected chi connectivity index (χ3v) is 1.00. The van der Waals surface area contributed by atoms with Crippen molar-refractivity contribution in [3.8, 4) is 0 Å². The van der Waals surface area contributed by atoms with Gasteiger partial charge in [0.25, 0.3) is 0 Å². The van der Waals surface area contributed by atoms with Gasteiger partial charge in [-0.2, -0.15) is 0 Å². The molecule has 4 heteroatoms. The van der Waals surface area contributed by atoms with Crippen molar-refractivity contribution in [1.29, 1.82) is 0 Å². The zero-order valence-electron chi connectivity index (χ0n) is 5.09. The minimum absolute atomic E-state index is 0. The van der Waals surface area contributed by atoms with Crippen molar-refractivity contribution >= 4 is 5.97 Å². The van der Waals surface area contributed by atoms with Crippen LogP contribution in [-0.4, -0.2) is 17.1 Å². The van der Waals surface area contributed by atoms with Crippen molar-refractivity contribution < 1.29 is 54.9 Å². The molecule has 0 heterocycles. The van der Waals surface area contributed by atoms with E-state index in [-0.39, 0.29) is 50.9 Å². The van der Waals surface area contributed by atoms with E-state index >= 15 is 0 Å². The van der Waals surface area contributed by atoms with E-state index in [1.54, 1.807) is 13.8 Å². The Bertz CT molecular complexity index is 95.0. The minimum atomic E-state index is -0.931. The van der Waals surface area contributed by atoms with E-state index in [1.807, 2.05) is 0 Å². The summed E-state index contributed by atoms with van der Waals surface area (Å²) in [7, 11) is 0. The van der Waals surface area contributed by atoms with Gasteiger partial charge in [0, 0.05) is 0 Å². The number of carbonyl (C=O) groups is 1. The summed E-state index contributed by atoms with van der Waals surface area (Å²) < 4.78 is 0. The van der Waals surface area contributed by atoms with E-state index in [9.17, 15) is 4.79 Å². The van der Waals surface area contributed by atoms with E-state index in [2.05, 4.69) is 0 Å². The molecule has 0 aliphatic carbocycles. The molecule has 9 heavy (non-hydrogen) atoms. The summed E-state index contributed by atoms with van der Waals surface area (Å²) in [5, 5.41) is 8.23. The Kier molecular flexibility index (Phi) is 7.91. The summed E-state index contributed by atoms with van der Waals surface area (Å²) in [5.74, 6) is -0.910. The summed E-state index contributed by atoms with van der Waals surface area (Å²) in [6.07, 6.45) is 0.